The number of ether oxygens (including phenoxy) is 1. The van der Waals surface area contributed by atoms with E-state index >= 15 is 0 Å². The van der Waals surface area contributed by atoms with E-state index in [1.807, 2.05) is 0 Å². The third kappa shape index (κ3) is 7.34. The summed E-state index contributed by atoms with van der Waals surface area (Å²) in [6.45, 7) is 14.9. The first-order chi connectivity index (χ1) is 16.7. The smallest absolute Gasteiger partial charge is 0.426 e. The molecule has 0 bridgehead atoms. The van der Waals surface area contributed by atoms with Crippen LogP contribution in [0.2, 0.25) is 0 Å². The zero-order valence-corrected chi connectivity index (χ0v) is 19.4. The highest BCUT2D eigenvalue weighted by Crippen LogP contribution is 2.34. The van der Waals surface area contributed by atoms with Crippen LogP contribution in [0.5, 0.6) is 5.75 Å². The van der Waals surface area contributed by atoms with Crippen LogP contribution in [0.15, 0.2) is 109 Å². The lowest BCUT2D eigenvalue weighted by molar-refractivity contribution is -0.187. The predicted molar refractivity (Wildman–Crippen MR) is 126 cm³/mol. The molecule has 0 atom stereocenters. The number of aryl methyl sites for hydroxylation is 2. The van der Waals surface area contributed by atoms with Crippen LogP contribution in [0.3, 0.4) is 0 Å². The molecule has 0 heterocycles. The molecule has 0 unspecified atom stereocenters. The Morgan fingerprint density at radius 3 is 2.06 bits per heavy atom. The summed E-state index contributed by atoms with van der Waals surface area (Å²) in [7, 11) is 0. The molecule has 0 amide bonds. The number of rotatable bonds is 11. The largest absolute Gasteiger partial charge is 0.426 e. The predicted octanol–water partition coefficient (Wildman–Crippen LogP) is 9.19. The first kappa shape index (κ1) is 28.4. The van der Waals surface area contributed by atoms with Crippen LogP contribution in [-0.2, 0) is 12.5 Å². The summed E-state index contributed by atoms with van der Waals surface area (Å²) >= 11 is 0. The van der Waals surface area contributed by atoms with Gasteiger partial charge in [0.25, 0.3) is 0 Å². The minimum absolute atomic E-state index is 0.0469. The molecule has 0 aliphatic heterocycles. The van der Waals surface area contributed by atoms with Gasteiger partial charge in [-0.2, -0.15) is 13.2 Å². The molecule has 190 valence electrons. The van der Waals surface area contributed by atoms with Crippen molar-refractivity contribution in [2.75, 3.05) is 0 Å². The second-order valence-electron chi connectivity index (χ2n) is 7.89. The Kier molecular flexibility index (Phi) is 9.28. The van der Waals surface area contributed by atoms with E-state index in [1.54, 1.807) is 6.92 Å². The van der Waals surface area contributed by atoms with Crippen molar-refractivity contribution in [2.45, 2.75) is 25.9 Å². The van der Waals surface area contributed by atoms with Gasteiger partial charge >= 0.3 is 6.11 Å². The van der Waals surface area contributed by atoms with Crippen molar-refractivity contribution in [1.29, 1.82) is 0 Å². The van der Waals surface area contributed by atoms with Crippen molar-refractivity contribution in [3.63, 3.8) is 0 Å². The molecule has 0 radical (unpaired) electrons. The van der Waals surface area contributed by atoms with E-state index in [4.69, 9.17) is 0 Å². The highest BCUT2D eigenvalue weighted by molar-refractivity contribution is 5.49. The van der Waals surface area contributed by atoms with E-state index in [0.29, 0.717) is 6.08 Å². The van der Waals surface area contributed by atoms with Crippen LogP contribution < -0.4 is 4.74 Å². The maximum Gasteiger partial charge on any atom is 0.426 e. The van der Waals surface area contributed by atoms with Gasteiger partial charge in [-0.1, -0.05) is 55.7 Å². The Labute approximate surface area is 204 Å². The third-order valence-corrected chi connectivity index (χ3v) is 5.03. The molecule has 0 aliphatic carbocycles. The quantitative estimate of drug-likeness (QED) is 0.217. The lowest BCUT2D eigenvalue weighted by Crippen LogP contribution is -2.22. The van der Waals surface area contributed by atoms with Crippen LogP contribution in [0.25, 0.3) is 0 Å². The molecule has 0 saturated heterocycles. The van der Waals surface area contributed by atoms with Gasteiger partial charge < -0.3 is 4.74 Å². The van der Waals surface area contributed by atoms with Crippen molar-refractivity contribution < 1.29 is 35.5 Å². The van der Waals surface area contributed by atoms with Crippen molar-refractivity contribution in [3.05, 3.63) is 137 Å². The minimum atomic E-state index is -3.90. The molecular formula is C28H23F7O. The average molecular weight is 508 g/mol. The van der Waals surface area contributed by atoms with E-state index < -0.39 is 46.5 Å². The molecule has 8 heteroatoms. The van der Waals surface area contributed by atoms with Gasteiger partial charge in [0, 0.05) is 5.57 Å². The van der Waals surface area contributed by atoms with Crippen LogP contribution in [0.4, 0.5) is 30.7 Å². The molecule has 0 aromatic heterocycles. The zero-order chi connectivity index (χ0) is 27.2. The number of hydrogen-bond acceptors (Lipinski definition) is 1. The number of alkyl halides is 2. The number of halogens is 7. The number of hydrogen-bond donors (Lipinski definition) is 0. The SMILES string of the molecule is C=C(/C=C(/F)C(=C)C(=C)/C=C(/F)C(=C)F)CCc1ccc(OC(F)(F)c2ccc(C)cc2)c(F)c1F. The molecule has 0 fully saturated rings. The molecule has 1 nitrogen and oxygen atoms in total. The number of allylic oxidation sites excluding steroid dienone is 8. The second-order valence-corrected chi connectivity index (χ2v) is 7.89. The first-order valence-corrected chi connectivity index (χ1v) is 10.5. The minimum Gasteiger partial charge on any atom is -0.426 e. The Morgan fingerprint density at radius 1 is 0.861 bits per heavy atom. The van der Waals surface area contributed by atoms with Crippen molar-refractivity contribution in [3.8, 4) is 5.75 Å². The molecule has 36 heavy (non-hydrogen) atoms. The summed E-state index contributed by atoms with van der Waals surface area (Å²) in [6.07, 6.45) is -2.55. The zero-order valence-electron chi connectivity index (χ0n) is 19.4. The Balaban J connectivity index is 2.08. The van der Waals surface area contributed by atoms with Gasteiger partial charge in [0.1, 0.15) is 5.83 Å². The first-order valence-electron chi connectivity index (χ1n) is 10.5. The second kappa shape index (κ2) is 11.7. The summed E-state index contributed by atoms with van der Waals surface area (Å²) < 4.78 is 102. The van der Waals surface area contributed by atoms with E-state index in [9.17, 15) is 30.7 Å². The van der Waals surface area contributed by atoms with Crippen LogP contribution >= 0.6 is 0 Å². The highest BCUT2D eigenvalue weighted by Gasteiger charge is 2.36. The lowest BCUT2D eigenvalue weighted by Gasteiger charge is -2.19. The molecular weight excluding hydrogens is 485 g/mol. The third-order valence-electron chi connectivity index (χ3n) is 5.03. The fourth-order valence-electron chi connectivity index (χ4n) is 2.89. The number of benzene rings is 2. The normalized spacial score (nSPS) is 12.3. The summed E-state index contributed by atoms with van der Waals surface area (Å²) in [6, 6.07) is 7.04. The van der Waals surface area contributed by atoms with Gasteiger partial charge in [-0.15, -0.1) is 0 Å². The Hall–Kier alpha value is -3.81. The summed E-state index contributed by atoms with van der Waals surface area (Å²) in [5.41, 5.74) is -0.440. The van der Waals surface area contributed by atoms with Gasteiger partial charge in [-0.3, -0.25) is 0 Å². The van der Waals surface area contributed by atoms with E-state index in [2.05, 4.69) is 31.1 Å². The maximum absolute atomic E-state index is 14.5. The fraction of sp³-hybridized carbons (Fsp3) is 0.143. The van der Waals surface area contributed by atoms with Crippen LogP contribution in [-0.4, -0.2) is 0 Å². The lowest BCUT2D eigenvalue weighted by atomic mass is 10.0. The Bertz CT molecular complexity index is 1250. The monoisotopic (exact) mass is 508 g/mol. The van der Waals surface area contributed by atoms with Gasteiger partial charge in [-0.25, -0.2) is 17.6 Å². The molecule has 0 saturated carbocycles. The van der Waals surface area contributed by atoms with Crippen LogP contribution in [0.1, 0.15) is 23.1 Å². The summed E-state index contributed by atoms with van der Waals surface area (Å²) in [5, 5.41) is 0. The molecule has 0 aliphatic rings. The molecule has 2 aromatic rings. The summed E-state index contributed by atoms with van der Waals surface area (Å²) in [5.74, 6) is -7.62. The topological polar surface area (TPSA) is 9.23 Å². The molecule has 0 spiro atoms. The van der Waals surface area contributed by atoms with Gasteiger partial charge in [0.15, 0.2) is 23.2 Å². The van der Waals surface area contributed by atoms with E-state index in [0.717, 1.165) is 35.9 Å². The Morgan fingerprint density at radius 2 is 1.47 bits per heavy atom. The molecule has 2 aromatic carbocycles. The van der Waals surface area contributed by atoms with Crippen molar-refractivity contribution in [2.24, 2.45) is 0 Å². The summed E-state index contributed by atoms with van der Waals surface area (Å²) in [4.78, 5) is 0. The maximum atomic E-state index is 14.5. The van der Waals surface area contributed by atoms with Crippen LogP contribution in [0, 0.1) is 18.6 Å². The highest BCUT2D eigenvalue weighted by atomic mass is 19.3. The van der Waals surface area contributed by atoms with Gasteiger partial charge in [0.2, 0.25) is 5.82 Å². The van der Waals surface area contributed by atoms with Crippen molar-refractivity contribution >= 4 is 0 Å². The van der Waals surface area contributed by atoms with E-state index in [1.165, 1.54) is 12.1 Å². The van der Waals surface area contributed by atoms with Gasteiger partial charge in [-0.05, 0) is 61.3 Å². The standard InChI is InChI=1S/C28H23F7O/c1-16-7-11-22(12-8-16)28(34,35)36-25-13-10-21(26(32)27(25)33)9-6-17(2)14-23(30)19(4)18(3)15-24(31)20(5)29/h7-8,10-15H,2-6,9H2,1H3/b23-14+,24-15+. The van der Waals surface area contributed by atoms with Gasteiger partial charge in [0.05, 0.1) is 5.56 Å². The average Bonchev–Trinajstić information content (AvgIpc) is 2.81. The molecule has 2 rings (SSSR count). The molecule has 0 N–H and O–H groups in total. The van der Waals surface area contributed by atoms with Crippen molar-refractivity contribution in [1.82, 2.24) is 0 Å². The van der Waals surface area contributed by atoms with E-state index in [-0.39, 0.29) is 35.1 Å². The fourth-order valence-corrected chi connectivity index (χ4v) is 2.89.